The SMILES string of the molecule is C[C@@H](C(N)=O)N(c1cccc(F)c1)S(C)(=O)=O. The number of rotatable bonds is 4. The van der Waals surface area contributed by atoms with Gasteiger partial charge in [-0.1, -0.05) is 6.07 Å². The number of anilines is 1. The first kappa shape index (κ1) is 13.4. The third-order valence-corrected chi connectivity index (χ3v) is 3.43. The van der Waals surface area contributed by atoms with Crippen molar-refractivity contribution in [2.24, 2.45) is 5.73 Å². The van der Waals surface area contributed by atoms with Gasteiger partial charge in [0.15, 0.2) is 0 Å². The Balaban J connectivity index is 3.30. The number of primary amides is 1. The van der Waals surface area contributed by atoms with Crippen LogP contribution in [0.15, 0.2) is 24.3 Å². The molecule has 5 nitrogen and oxygen atoms in total. The smallest absolute Gasteiger partial charge is 0.241 e. The van der Waals surface area contributed by atoms with Crippen LogP contribution in [0, 0.1) is 5.82 Å². The monoisotopic (exact) mass is 260 g/mol. The Morgan fingerprint density at radius 1 is 1.47 bits per heavy atom. The number of carbonyl (C=O) groups is 1. The summed E-state index contributed by atoms with van der Waals surface area (Å²) in [6.07, 6.45) is 0.928. The second-order valence-electron chi connectivity index (χ2n) is 3.62. The third kappa shape index (κ3) is 3.16. The molecule has 1 atom stereocenters. The van der Waals surface area contributed by atoms with E-state index in [1.54, 1.807) is 0 Å². The number of nitrogens with zero attached hydrogens (tertiary/aromatic N) is 1. The Morgan fingerprint density at radius 3 is 2.47 bits per heavy atom. The van der Waals surface area contributed by atoms with E-state index in [4.69, 9.17) is 5.73 Å². The molecule has 0 aromatic heterocycles. The molecule has 0 spiro atoms. The van der Waals surface area contributed by atoms with Crippen LogP contribution in [0.1, 0.15) is 6.92 Å². The van der Waals surface area contributed by atoms with Crippen LogP contribution in [0.5, 0.6) is 0 Å². The highest BCUT2D eigenvalue weighted by Gasteiger charge is 2.27. The van der Waals surface area contributed by atoms with Gasteiger partial charge in [0.2, 0.25) is 15.9 Å². The molecule has 1 aromatic rings. The Bertz CT molecular complexity index is 530. The van der Waals surface area contributed by atoms with Crippen LogP contribution < -0.4 is 10.0 Å². The topological polar surface area (TPSA) is 80.5 Å². The van der Waals surface area contributed by atoms with Crippen LogP contribution >= 0.6 is 0 Å². The van der Waals surface area contributed by atoms with Gasteiger partial charge in [-0.15, -0.1) is 0 Å². The zero-order valence-electron chi connectivity index (χ0n) is 9.42. The zero-order valence-corrected chi connectivity index (χ0v) is 10.2. The van der Waals surface area contributed by atoms with Crippen LogP contribution in [0.4, 0.5) is 10.1 Å². The lowest BCUT2D eigenvalue weighted by molar-refractivity contribution is -0.118. The van der Waals surface area contributed by atoms with Gasteiger partial charge < -0.3 is 5.73 Å². The third-order valence-electron chi connectivity index (χ3n) is 2.18. The van der Waals surface area contributed by atoms with Crippen LogP contribution in [0.25, 0.3) is 0 Å². The van der Waals surface area contributed by atoms with Crippen molar-refractivity contribution < 1.29 is 17.6 Å². The van der Waals surface area contributed by atoms with E-state index in [-0.39, 0.29) is 5.69 Å². The molecule has 0 aliphatic rings. The molecule has 0 saturated heterocycles. The molecular weight excluding hydrogens is 247 g/mol. The molecule has 17 heavy (non-hydrogen) atoms. The molecule has 7 heteroatoms. The van der Waals surface area contributed by atoms with Crippen molar-refractivity contribution in [3.8, 4) is 0 Å². The van der Waals surface area contributed by atoms with Crippen molar-refractivity contribution in [3.05, 3.63) is 30.1 Å². The molecule has 0 unspecified atom stereocenters. The molecule has 0 saturated carbocycles. The van der Waals surface area contributed by atoms with Crippen LogP contribution in [0.2, 0.25) is 0 Å². The van der Waals surface area contributed by atoms with Gasteiger partial charge in [0.05, 0.1) is 11.9 Å². The van der Waals surface area contributed by atoms with Gasteiger partial charge in [-0.25, -0.2) is 12.8 Å². The summed E-state index contributed by atoms with van der Waals surface area (Å²) in [5, 5.41) is 0. The molecule has 1 rings (SSSR count). The van der Waals surface area contributed by atoms with Gasteiger partial charge in [-0.2, -0.15) is 0 Å². The van der Waals surface area contributed by atoms with E-state index < -0.39 is 27.8 Å². The summed E-state index contributed by atoms with van der Waals surface area (Å²) in [6.45, 7) is 1.34. The van der Waals surface area contributed by atoms with E-state index in [1.807, 2.05) is 0 Å². The van der Waals surface area contributed by atoms with E-state index in [1.165, 1.54) is 25.1 Å². The summed E-state index contributed by atoms with van der Waals surface area (Å²) in [5.41, 5.74) is 5.14. The minimum atomic E-state index is -3.71. The van der Waals surface area contributed by atoms with E-state index in [2.05, 4.69) is 0 Å². The van der Waals surface area contributed by atoms with Gasteiger partial charge in [0.25, 0.3) is 0 Å². The number of hydrogen-bond acceptors (Lipinski definition) is 3. The fourth-order valence-electron chi connectivity index (χ4n) is 1.43. The highest BCUT2D eigenvalue weighted by atomic mass is 32.2. The average Bonchev–Trinajstić information content (AvgIpc) is 2.15. The maximum absolute atomic E-state index is 13.0. The fraction of sp³-hybridized carbons (Fsp3) is 0.300. The summed E-state index contributed by atoms with van der Waals surface area (Å²) in [7, 11) is -3.71. The quantitative estimate of drug-likeness (QED) is 0.854. The maximum Gasteiger partial charge on any atom is 0.241 e. The summed E-state index contributed by atoms with van der Waals surface area (Å²) >= 11 is 0. The average molecular weight is 260 g/mol. The molecule has 0 aliphatic carbocycles. The Labute approximate surface area is 99.1 Å². The highest BCUT2D eigenvalue weighted by molar-refractivity contribution is 7.92. The molecule has 2 N–H and O–H groups in total. The Morgan fingerprint density at radius 2 is 2.06 bits per heavy atom. The Hall–Kier alpha value is -1.63. The molecule has 0 fully saturated rings. The summed E-state index contributed by atoms with van der Waals surface area (Å²) in [4.78, 5) is 11.1. The maximum atomic E-state index is 13.0. The van der Waals surface area contributed by atoms with Crippen LogP contribution in [0.3, 0.4) is 0 Å². The highest BCUT2D eigenvalue weighted by Crippen LogP contribution is 2.21. The van der Waals surface area contributed by atoms with E-state index in [9.17, 15) is 17.6 Å². The minimum absolute atomic E-state index is 0.0683. The van der Waals surface area contributed by atoms with Crippen molar-refractivity contribution >= 4 is 21.6 Å². The number of halogens is 1. The minimum Gasteiger partial charge on any atom is -0.368 e. The largest absolute Gasteiger partial charge is 0.368 e. The molecule has 0 heterocycles. The van der Waals surface area contributed by atoms with Gasteiger partial charge >= 0.3 is 0 Å². The van der Waals surface area contributed by atoms with E-state index >= 15 is 0 Å². The van der Waals surface area contributed by atoms with Gasteiger partial charge in [-0.3, -0.25) is 9.10 Å². The standard InChI is InChI=1S/C10H13FN2O3S/c1-7(10(12)14)13(17(2,15)16)9-5-3-4-8(11)6-9/h3-7H,1-2H3,(H2,12,14)/t7-/m0/s1. The predicted molar refractivity (Wildman–Crippen MR) is 62.4 cm³/mol. The van der Waals surface area contributed by atoms with Crippen molar-refractivity contribution in [3.63, 3.8) is 0 Å². The van der Waals surface area contributed by atoms with Gasteiger partial charge in [-0.05, 0) is 25.1 Å². The molecule has 94 valence electrons. The first-order valence-corrected chi connectivity index (χ1v) is 6.62. The normalized spacial score (nSPS) is 13.1. The lowest BCUT2D eigenvalue weighted by atomic mass is 10.2. The summed E-state index contributed by atoms with van der Waals surface area (Å²) in [5.74, 6) is -1.40. The van der Waals surface area contributed by atoms with Crippen molar-refractivity contribution in [2.45, 2.75) is 13.0 Å². The van der Waals surface area contributed by atoms with E-state index in [0.29, 0.717) is 0 Å². The van der Waals surface area contributed by atoms with Gasteiger partial charge in [0.1, 0.15) is 11.9 Å². The molecule has 1 amide bonds. The zero-order chi connectivity index (χ0) is 13.2. The van der Waals surface area contributed by atoms with Crippen molar-refractivity contribution in [1.82, 2.24) is 0 Å². The molecule has 0 aliphatic heterocycles. The number of benzene rings is 1. The molecular formula is C10H13FN2O3S. The number of hydrogen-bond donors (Lipinski definition) is 1. The lowest BCUT2D eigenvalue weighted by Crippen LogP contribution is -2.45. The number of nitrogens with two attached hydrogens (primary N) is 1. The fourth-order valence-corrected chi connectivity index (χ4v) is 2.61. The Kier molecular flexibility index (Phi) is 3.72. The van der Waals surface area contributed by atoms with Crippen molar-refractivity contribution in [2.75, 3.05) is 10.6 Å². The van der Waals surface area contributed by atoms with Gasteiger partial charge in [0, 0.05) is 0 Å². The molecule has 0 bridgehead atoms. The second-order valence-corrected chi connectivity index (χ2v) is 5.48. The van der Waals surface area contributed by atoms with Crippen molar-refractivity contribution in [1.29, 1.82) is 0 Å². The summed E-state index contributed by atoms with van der Waals surface area (Å²) in [6, 6.07) is 3.88. The molecule has 1 aromatic carbocycles. The van der Waals surface area contributed by atoms with Crippen LogP contribution in [-0.4, -0.2) is 26.6 Å². The second kappa shape index (κ2) is 4.70. The van der Waals surface area contributed by atoms with E-state index in [0.717, 1.165) is 16.6 Å². The van der Waals surface area contributed by atoms with Crippen LogP contribution in [-0.2, 0) is 14.8 Å². The predicted octanol–water partition coefficient (Wildman–Crippen LogP) is 0.465. The first-order valence-electron chi connectivity index (χ1n) is 4.78. The molecule has 0 radical (unpaired) electrons. The number of amides is 1. The first-order chi connectivity index (χ1) is 7.73. The summed E-state index contributed by atoms with van der Waals surface area (Å²) < 4.78 is 37.0. The number of carbonyl (C=O) groups excluding carboxylic acids is 1. The number of sulfonamides is 1. The lowest BCUT2D eigenvalue weighted by Gasteiger charge is -2.26.